The van der Waals surface area contributed by atoms with Crippen LogP contribution in [0.5, 0.6) is 0 Å². The van der Waals surface area contributed by atoms with Crippen molar-refractivity contribution in [2.45, 2.75) is 25.9 Å². The third-order valence-electron chi connectivity index (χ3n) is 3.85. The summed E-state index contributed by atoms with van der Waals surface area (Å²) >= 11 is 0. The fourth-order valence-corrected chi connectivity index (χ4v) is 2.26. The largest absolute Gasteiger partial charge is 0.449 e. The Labute approximate surface area is 147 Å². The third-order valence-corrected chi connectivity index (χ3v) is 3.85. The zero-order valence-electron chi connectivity index (χ0n) is 14.2. The molecule has 5 heteroatoms. The molecule has 0 heterocycles. The Balaban J connectivity index is 1.85. The minimum atomic E-state index is -0.897. The Hall–Kier alpha value is -3.13. The Morgan fingerprint density at radius 3 is 2.32 bits per heavy atom. The van der Waals surface area contributed by atoms with Crippen molar-refractivity contribution in [3.05, 3.63) is 71.3 Å². The molecule has 0 saturated carbocycles. The van der Waals surface area contributed by atoms with Gasteiger partial charge in [0.05, 0.1) is 17.2 Å². The first kappa shape index (κ1) is 18.2. The Kier molecular flexibility index (Phi) is 6.30. The van der Waals surface area contributed by atoms with Crippen LogP contribution in [-0.2, 0) is 9.53 Å². The van der Waals surface area contributed by atoms with Gasteiger partial charge in [-0.25, -0.2) is 4.79 Å². The summed E-state index contributed by atoms with van der Waals surface area (Å²) in [5, 5.41) is 11.5. The molecule has 0 bridgehead atoms. The zero-order chi connectivity index (χ0) is 18.2. The minimum Gasteiger partial charge on any atom is -0.449 e. The quantitative estimate of drug-likeness (QED) is 0.822. The van der Waals surface area contributed by atoms with Crippen molar-refractivity contribution in [1.82, 2.24) is 5.32 Å². The normalized spacial score (nSPS) is 12.5. The van der Waals surface area contributed by atoms with Gasteiger partial charge < -0.3 is 10.1 Å². The summed E-state index contributed by atoms with van der Waals surface area (Å²) in [4.78, 5) is 24.1. The van der Waals surface area contributed by atoms with E-state index >= 15 is 0 Å². The molecule has 0 aromatic heterocycles. The highest BCUT2D eigenvalue weighted by molar-refractivity contribution is 5.92. The van der Waals surface area contributed by atoms with Crippen LogP contribution in [-0.4, -0.2) is 24.5 Å². The summed E-state index contributed by atoms with van der Waals surface area (Å²) in [6, 6.07) is 17.9. The van der Waals surface area contributed by atoms with Crippen LogP contribution in [0.25, 0.3) is 0 Å². The lowest BCUT2D eigenvalue weighted by Crippen LogP contribution is -2.37. The molecule has 128 valence electrons. The second-order valence-electron chi connectivity index (χ2n) is 5.79. The van der Waals surface area contributed by atoms with Gasteiger partial charge in [-0.2, -0.15) is 5.26 Å². The molecule has 1 amide bonds. The summed E-state index contributed by atoms with van der Waals surface area (Å²) in [6.07, 6.45) is -0.897. The van der Waals surface area contributed by atoms with E-state index in [9.17, 15) is 9.59 Å². The van der Waals surface area contributed by atoms with Crippen molar-refractivity contribution in [2.75, 3.05) is 6.54 Å². The molecule has 2 rings (SSSR count). The highest BCUT2D eigenvalue weighted by atomic mass is 16.5. The molecule has 2 atom stereocenters. The molecule has 2 aromatic rings. The first-order valence-corrected chi connectivity index (χ1v) is 8.05. The van der Waals surface area contributed by atoms with Crippen LogP contribution in [0.3, 0.4) is 0 Å². The number of benzene rings is 2. The van der Waals surface area contributed by atoms with Gasteiger partial charge in [0.15, 0.2) is 6.10 Å². The standard InChI is InChI=1S/C20H20N2O3/c1-14(17-6-4-3-5-7-17)13-22-19(23)15(2)25-20(24)18-10-8-16(12-21)9-11-18/h3-11,14-15H,13H2,1-2H3,(H,22,23)/t14-,15-/m1/s1. The number of nitriles is 1. The lowest BCUT2D eigenvalue weighted by molar-refractivity contribution is -0.129. The Bertz CT molecular complexity index is 764. The molecule has 5 nitrogen and oxygen atoms in total. The number of hydrogen-bond acceptors (Lipinski definition) is 4. The van der Waals surface area contributed by atoms with E-state index in [0.29, 0.717) is 17.7 Å². The lowest BCUT2D eigenvalue weighted by atomic mass is 10.0. The van der Waals surface area contributed by atoms with Crippen LogP contribution >= 0.6 is 0 Å². The highest BCUT2D eigenvalue weighted by Gasteiger charge is 2.19. The van der Waals surface area contributed by atoms with Crippen LogP contribution in [0.2, 0.25) is 0 Å². The number of carbonyl (C=O) groups excluding carboxylic acids is 2. The summed E-state index contributed by atoms with van der Waals surface area (Å²) < 4.78 is 5.18. The smallest absolute Gasteiger partial charge is 0.338 e. The number of nitrogens with one attached hydrogen (secondary N) is 1. The van der Waals surface area contributed by atoms with Crippen molar-refractivity contribution in [3.8, 4) is 6.07 Å². The van der Waals surface area contributed by atoms with Crippen LogP contribution in [0.1, 0.15) is 41.3 Å². The number of nitrogens with zero attached hydrogens (tertiary/aromatic N) is 1. The van der Waals surface area contributed by atoms with E-state index in [-0.39, 0.29) is 11.8 Å². The maximum absolute atomic E-state index is 12.1. The van der Waals surface area contributed by atoms with Crippen molar-refractivity contribution < 1.29 is 14.3 Å². The molecule has 25 heavy (non-hydrogen) atoms. The fourth-order valence-electron chi connectivity index (χ4n) is 2.26. The number of amides is 1. The predicted molar refractivity (Wildman–Crippen MR) is 93.9 cm³/mol. The van der Waals surface area contributed by atoms with Gasteiger partial charge in [0.2, 0.25) is 0 Å². The van der Waals surface area contributed by atoms with Crippen molar-refractivity contribution in [1.29, 1.82) is 5.26 Å². The van der Waals surface area contributed by atoms with E-state index in [4.69, 9.17) is 10.00 Å². The molecule has 0 radical (unpaired) electrons. The van der Waals surface area contributed by atoms with Gasteiger partial charge in [0.1, 0.15) is 0 Å². The average Bonchev–Trinajstić information content (AvgIpc) is 2.66. The monoisotopic (exact) mass is 336 g/mol. The molecular weight excluding hydrogens is 316 g/mol. The van der Waals surface area contributed by atoms with Gasteiger partial charge in [-0.05, 0) is 42.7 Å². The summed E-state index contributed by atoms with van der Waals surface area (Å²) in [6.45, 7) is 4.01. The van der Waals surface area contributed by atoms with E-state index < -0.39 is 12.1 Å². The number of ether oxygens (including phenoxy) is 1. The molecule has 0 unspecified atom stereocenters. The first-order chi connectivity index (χ1) is 12.0. The van der Waals surface area contributed by atoms with Gasteiger partial charge >= 0.3 is 5.97 Å². The van der Waals surface area contributed by atoms with Crippen LogP contribution in [0, 0.1) is 11.3 Å². The van der Waals surface area contributed by atoms with Gasteiger partial charge in [-0.1, -0.05) is 37.3 Å². The molecule has 0 aliphatic rings. The van der Waals surface area contributed by atoms with E-state index in [0.717, 1.165) is 5.56 Å². The van der Waals surface area contributed by atoms with Crippen LogP contribution < -0.4 is 5.32 Å². The van der Waals surface area contributed by atoms with Crippen molar-refractivity contribution >= 4 is 11.9 Å². The number of rotatable bonds is 6. The van der Waals surface area contributed by atoms with Gasteiger partial charge in [-0.15, -0.1) is 0 Å². The highest BCUT2D eigenvalue weighted by Crippen LogP contribution is 2.13. The Morgan fingerprint density at radius 2 is 1.72 bits per heavy atom. The fraction of sp³-hybridized carbons (Fsp3) is 0.250. The molecule has 0 aliphatic heterocycles. The van der Waals surface area contributed by atoms with E-state index in [1.54, 1.807) is 0 Å². The zero-order valence-corrected chi connectivity index (χ0v) is 14.2. The van der Waals surface area contributed by atoms with E-state index in [1.807, 2.05) is 43.3 Å². The van der Waals surface area contributed by atoms with Gasteiger partial charge in [-0.3, -0.25) is 4.79 Å². The molecular formula is C20H20N2O3. The maximum Gasteiger partial charge on any atom is 0.338 e. The van der Waals surface area contributed by atoms with Gasteiger partial charge in [0.25, 0.3) is 5.91 Å². The maximum atomic E-state index is 12.1. The van der Waals surface area contributed by atoms with Gasteiger partial charge in [0, 0.05) is 6.54 Å². The number of esters is 1. The molecule has 0 spiro atoms. The first-order valence-electron chi connectivity index (χ1n) is 8.05. The lowest BCUT2D eigenvalue weighted by Gasteiger charge is -2.16. The SMILES string of the molecule is C[C@H](CNC(=O)[C@@H](C)OC(=O)c1ccc(C#N)cc1)c1ccccc1. The van der Waals surface area contributed by atoms with Crippen LogP contribution in [0.15, 0.2) is 54.6 Å². The number of carbonyl (C=O) groups is 2. The predicted octanol–water partition coefficient (Wildman–Crippen LogP) is 3.02. The summed E-state index contributed by atoms with van der Waals surface area (Å²) in [5.41, 5.74) is 1.89. The van der Waals surface area contributed by atoms with E-state index in [2.05, 4.69) is 5.32 Å². The summed E-state index contributed by atoms with van der Waals surface area (Å²) in [5.74, 6) is -0.778. The average molecular weight is 336 g/mol. The third kappa shape index (κ3) is 5.18. The van der Waals surface area contributed by atoms with E-state index in [1.165, 1.54) is 31.2 Å². The summed E-state index contributed by atoms with van der Waals surface area (Å²) in [7, 11) is 0. The molecule has 2 aromatic carbocycles. The topological polar surface area (TPSA) is 79.2 Å². The second-order valence-corrected chi connectivity index (χ2v) is 5.79. The van der Waals surface area contributed by atoms with Crippen molar-refractivity contribution in [3.63, 3.8) is 0 Å². The molecule has 0 saturated heterocycles. The Morgan fingerprint density at radius 1 is 1.08 bits per heavy atom. The van der Waals surface area contributed by atoms with Crippen molar-refractivity contribution in [2.24, 2.45) is 0 Å². The molecule has 0 aliphatic carbocycles. The molecule has 0 fully saturated rings. The number of hydrogen-bond donors (Lipinski definition) is 1. The minimum absolute atomic E-state index is 0.159. The second kappa shape index (κ2) is 8.65. The molecule has 1 N–H and O–H groups in total. The van der Waals surface area contributed by atoms with Crippen LogP contribution in [0.4, 0.5) is 0 Å².